The van der Waals surface area contributed by atoms with E-state index in [9.17, 15) is 19.7 Å². The number of likely N-dealkylation sites (tertiary alicyclic amines) is 1. The van der Waals surface area contributed by atoms with Crippen LogP contribution in [0.25, 0.3) is 0 Å². The zero-order valence-corrected chi connectivity index (χ0v) is 15.7. The summed E-state index contributed by atoms with van der Waals surface area (Å²) in [5.74, 6) is -0.197. The van der Waals surface area contributed by atoms with Crippen LogP contribution in [0.3, 0.4) is 0 Å². The van der Waals surface area contributed by atoms with Gasteiger partial charge in [-0.05, 0) is 39.7 Å². The fourth-order valence-corrected chi connectivity index (χ4v) is 3.50. The summed E-state index contributed by atoms with van der Waals surface area (Å²) in [6.07, 6.45) is 0.861. The van der Waals surface area contributed by atoms with Crippen LogP contribution < -0.4 is 10.2 Å². The number of nitrogens with zero attached hydrogens (tertiary/aromatic N) is 3. The first-order valence-corrected chi connectivity index (χ1v) is 8.97. The Balaban J connectivity index is 1.77. The van der Waals surface area contributed by atoms with Crippen LogP contribution in [-0.2, 0) is 9.53 Å². The van der Waals surface area contributed by atoms with Gasteiger partial charge >= 0.3 is 6.09 Å². The van der Waals surface area contributed by atoms with Gasteiger partial charge in [-0.25, -0.2) is 4.79 Å². The van der Waals surface area contributed by atoms with Gasteiger partial charge in [0.2, 0.25) is 5.91 Å². The number of ether oxygens (including phenoxy) is 1. The van der Waals surface area contributed by atoms with Crippen LogP contribution in [0.2, 0.25) is 0 Å². The molecule has 2 aliphatic heterocycles. The molecular formula is C18H24N4O5. The number of benzene rings is 1. The lowest BCUT2D eigenvalue weighted by Crippen LogP contribution is -2.51. The highest BCUT2D eigenvalue weighted by atomic mass is 16.6. The Kier molecular flexibility index (Phi) is 4.95. The number of amides is 2. The molecule has 1 N–H and O–H groups in total. The first kappa shape index (κ1) is 18.9. The number of nitrogens with one attached hydrogen (secondary N) is 1. The lowest BCUT2D eigenvalue weighted by Gasteiger charge is -2.41. The number of hydrogen-bond acceptors (Lipinski definition) is 6. The van der Waals surface area contributed by atoms with Crippen molar-refractivity contribution in [1.82, 2.24) is 4.90 Å². The van der Waals surface area contributed by atoms with Crippen molar-refractivity contribution in [3.05, 3.63) is 28.3 Å². The zero-order valence-electron chi connectivity index (χ0n) is 15.7. The number of para-hydroxylation sites is 1. The molecule has 146 valence electrons. The van der Waals surface area contributed by atoms with Gasteiger partial charge in [0.05, 0.1) is 17.2 Å². The summed E-state index contributed by atoms with van der Waals surface area (Å²) < 4.78 is 5.40. The molecule has 1 aromatic carbocycles. The molecule has 3 rings (SSSR count). The first-order valence-electron chi connectivity index (χ1n) is 8.97. The Morgan fingerprint density at radius 1 is 1.30 bits per heavy atom. The Hall–Kier alpha value is -2.84. The molecule has 1 fully saturated rings. The molecule has 0 bridgehead atoms. The molecule has 0 unspecified atom stereocenters. The molecule has 0 aliphatic carbocycles. The number of nitro groups is 1. The van der Waals surface area contributed by atoms with Crippen LogP contribution in [0.1, 0.15) is 33.6 Å². The molecule has 0 atom stereocenters. The molecule has 2 aliphatic rings. The first-order chi connectivity index (χ1) is 12.7. The number of anilines is 2. The predicted molar refractivity (Wildman–Crippen MR) is 99.9 cm³/mol. The number of piperidine rings is 1. The minimum absolute atomic E-state index is 0.0259. The van der Waals surface area contributed by atoms with Gasteiger partial charge in [-0.2, -0.15) is 0 Å². The predicted octanol–water partition coefficient (Wildman–Crippen LogP) is 2.75. The van der Waals surface area contributed by atoms with Gasteiger partial charge in [0.1, 0.15) is 11.3 Å². The van der Waals surface area contributed by atoms with Crippen LogP contribution in [0.15, 0.2) is 18.2 Å². The molecule has 0 spiro atoms. The third-order valence-electron chi connectivity index (χ3n) is 4.64. The van der Waals surface area contributed by atoms with Crippen LogP contribution in [0.5, 0.6) is 0 Å². The smallest absolute Gasteiger partial charge is 0.410 e. The van der Waals surface area contributed by atoms with E-state index in [2.05, 4.69) is 5.32 Å². The molecule has 1 saturated heterocycles. The molecular weight excluding hydrogens is 352 g/mol. The quantitative estimate of drug-likeness (QED) is 0.628. The van der Waals surface area contributed by atoms with E-state index in [0.717, 1.165) is 0 Å². The number of carbonyl (C=O) groups is 2. The van der Waals surface area contributed by atoms with Crippen molar-refractivity contribution in [1.29, 1.82) is 0 Å². The second kappa shape index (κ2) is 7.05. The van der Waals surface area contributed by atoms with Crippen LogP contribution in [0, 0.1) is 10.1 Å². The summed E-state index contributed by atoms with van der Waals surface area (Å²) >= 11 is 0. The van der Waals surface area contributed by atoms with Crippen LogP contribution in [-0.4, -0.2) is 53.1 Å². The van der Waals surface area contributed by atoms with Gasteiger partial charge < -0.3 is 19.9 Å². The molecule has 27 heavy (non-hydrogen) atoms. The summed E-state index contributed by atoms with van der Waals surface area (Å²) in [5, 5.41) is 14.2. The average molecular weight is 376 g/mol. The third kappa shape index (κ3) is 4.12. The Bertz CT molecular complexity index is 766. The lowest BCUT2D eigenvalue weighted by molar-refractivity contribution is -0.384. The van der Waals surface area contributed by atoms with Gasteiger partial charge in [0, 0.05) is 25.2 Å². The molecule has 9 heteroatoms. The Labute approximate surface area is 157 Å². The number of hydrogen-bond donors (Lipinski definition) is 1. The minimum atomic E-state index is -0.557. The monoisotopic (exact) mass is 376 g/mol. The lowest BCUT2D eigenvalue weighted by atomic mass is 10.0. The van der Waals surface area contributed by atoms with Gasteiger partial charge in [-0.1, -0.05) is 6.07 Å². The fourth-order valence-electron chi connectivity index (χ4n) is 3.50. The second-order valence-electron chi connectivity index (χ2n) is 7.81. The molecule has 0 aromatic heterocycles. The molecule has 0 saturated carbocycles. The average Bonchev–Trinajstić information content (AvgIpc) is 2.59. The fraction of sp³-hybridized carbons (Fsp3) is 0.556. The summed E-state index contributed by atoms with van der Waals surface area (Å²) in [5.41, 5.74) is 0.313. The Morgan fingerprint density at radius 2 is 1.96 bits per heavy atom. The largest absolute Gasteiger partial charge is 0.444 e. The summed E-state index contributed by atoms with van der Waals surface area (Å²) in [7, 11) is 0. The standard InChI is InChI=1S/C18H24N4O5/c1-18(2,3)27-17(24)20-9-7-12(8-10-20)21-11-15(23)19-13-5-4-6-14(16(13)21)22(25)26/h4-6,12H,7-11H2,1-3H3,(H,19,23). The number of fused-ring (bicyclic) bond motifs is 1. The highest BCUT2D eigenvalue weighted by Crippen LogP contribution is 2.40. The molecule has 0 radical (unpaired) electrons. The maximum absolute atomic E-state index is 12.2. The molecule has 2 amide bonds. The maximum Gasteiger partial charge on any atom is 0.410 e. The van der Waals surface area contributed by atoms with Crippen LogP contribution >= 0.6 is 0 Å². The van der Waals surface area contributed by atoms with E-state index in [1.807, 2.05) is 20.8 Å². The van der Waals surface area contributed by atoms with Crippen molar-refractivity contribution in [2.75, 3.05) is 29.9 Å². The Morgan fingerprint density at radius 3 is 2.56 bits per heavy atom. The van der Waals surface area contributed by atoms with E-state index in [-0.39, 0.29) is 30.3 Å². The molecule has 2 heterocycles. The SMILES string of the molecule is CC(C)(C)OC(=O)N1CCC(N2CC(=O)Nc3cccc([N+](=O)[O-])c32)CC1. The van der Waals surface area contributed by atoms with Crippen molar-refractivity contribution in [3.63, 3.8) is 0 Å². The molecule has 9 nitrogen and oxygen atoms in total. The highest BCUT2D eigenvalue weighted by Gasteiger charge is 2.36. The van der Waals surface area contributed by atoms with Gasteiger partial charge in [-0.15, -0.1) is 0 Å². The van der Waals surface area contributed by atoms with E-state index in [1.165, 1.54) is 6.07 Å². The van der Waals surface area contributed by atoms with Gasteiger partial charge in [0.15, 0.2) is 0 Å². The number of rotatable bonds is 2. The number of carbonyl (C=O) groups excluding carboxylic acids is 2. The van der Waals surface area contributed by atoms with E-state index < -0.39 is 10.5 Å². The summed E-state index contributed by atoms with van der Waals surface area (Å²) in [6.45, 7) is 6.48. The van der Waals surface area contributed by atoms with E-state index >= 15 is 0 Å². The minimum Gasteiger partial charge on any atom is -0.444 e. The topological polar surface area (TPSA) is 105 Å². The van der Waals surface area contributed by atoms with Crippen LogP contribution in [0.4, 0.5) is 21.9 Å². The van der Waals surface area contributed by atoms with Crippen molar-refractivity contribution >= 4 is 29.1 Å². The zero-order chi connectivity index (χ0) is 19.8. The van der Waals surface area contributed by atoms with Crippen molar-refractivity contribution < 1.29 is 19.2 Å². The van der Waals surface area contributed by atoms with E-state index in [1.54, 1.807) is 21.9 Å². The summed E-state index contributed by atoms with van der Waals surface area (Å²) in [6, 6.07) is 4.61. The van der Waals surface area contributed by atoms with Crippen molar-refractivity contribution in [3.8, 4) is 0 Å². The van der Waals surface area contributed by atoms with E-state index in [4.69, 9.17) is 4.74 Å². The second-order valence-corrected chi connectivity index (χ2v) is 7.81. The third-order valence-corrected chi connectivity index (χ3v) is 4.64. The normalized spacial score (nSPS) is 18.0. The van der Waals surface area contributed by atoms with Crippen molar-refractivity contribution in [2.45, 2.75) is 45.3 Å². The number of nitro benzene ring substituents is 1. The maximum atomic E-state index is 12.2. The molecule has 1 aromatic rings. The van der Waals surface area contributed by atoms with E-state index in [0.29, 0.717) is 37.3 Å². The summed E-state index contributed by atoms with van der Waals surface area (Å²) in [4.78, 5) is 38.8. The van der Waals surface area contributed by atoms with Gasteiger partial charge in [-0.3, -0.25) is 14.9 Å². The van der Waals surface area contributed by atoms with Crippen molar-refractivity contribution in [2.24, 2.45) is 0 Å². The highest BCUT2D eigenvalue weighted by molar-refractivity contribution is 6.03. The van der Waals surface area contributed by atoms with Gasteiger partial charge in [0.25, 0.3) is 5.69 Å².